The Morgan fingerprint density at radius 2 is 2.18 bits per heavy atom. The van der Waals surface area contributed by atoms with E-state index in [1.54, 1.807) is 0 Å². The van der Waals surface area contributed by atoms with E-state index >= 15 is 0 Å². The van der Waals surface area contributed by atoms with Crippen LogP contribution >= 0.6 is 0 Å². The maximum atomic E-state index is 12.3. The van der Waals surface area contributed by atoms with Crippen LogP contribution in [0, 0.1) is 19.8 Å². The molecule has 4 nitrogen and oxygen atoms in total. The second-order valence-electron chi connectivity index (χ2n) is 6.45. The molecule has 0 bridgehead atoms. The van der Waals surface area contributed by atoms with Crippen molar-refractivity contribution in [3.63, 3.8) is 0 Å². The van der Waals surface area contributed by atoms with E-state index in [9.17, 15) is 4.79 Å². The summed E-state index contributed by atoms with van der Waals surface area (Å²) >= 11 is 0. The molecule has 22 heavy (non-hydrogen) atoms. The first kappa shape index (κ1) is 16.8. The number of hydrogen-bond acceptors (Lipinski definition) is 3. The Bertz CT molecular complexity index is 514. The Morgan fingerprint density at radius 3 is 2.86 bits per heavy atom. The summed E-state index contributed by atoms with van der Waals surface area (Å²) in [6, 6.07) is 6.18. The zero-order valence-corrected chi connectivity index (χ0v) is 14.0. The Hall–Kier alpha value is -1.55. The fraction of sp³-hybridized carbons (Fsp3) is 0.611. The summed E-state index contributed by atoms with van der Waals surface area (Å²) in [4.78, 5) is 14.2. The van der Waals surface area contributed by atoms with Crippen LogP contribution in [0.1, 0.15) is 37.3 Å². The summed E-state index contributed by atoms with van der Waals surface area (Å²) in [6.45, 7) is 8.25. The number of aryl methyl sites for hydroxylation is 2. The van der Waals surface area contributed by atoms with Gasteiger partial charge >= 0.3 is 0 Å². The van der Waals surface area contributed by atoms with E-state index < -0.39 is 0 Å². The van der Waals surface area contributed by atoms with E-state index in [4.69, 9.17) is 10.5 Å². The van der Waals surface area contributed by atoms with E-state index in [-0.39, 0.29) is 11.9 Å². The number of likely N-dealkylation sites (tertiary alicyclic amines) is 1. The van der Waals surface area contributed by atoms with Crippen molar-refractivity contribution >= 4 is 5.91 Å². The quantitative estimate of drug-likeness (QED) is 0.910. The predicted molar refractivity (Wildman–Crippen MR) is 89.0 cm³/mol. The summed E-state index contributed by atoms with van der Waals surface area (Å²) in [5.41, 5.74) is 8.43. The van der Waals surface area contributed by atoms with Crippen LogP contribution in [-0.2, 0) is 4.79 Å². The van der Waals surface area contributed by atoms with Gasteiger partial charge < -0.3 is 15.4 Å². The second-order valence-corrected chi connectivity index (χ2v) is 6.45. The molecule has 0 spiro atoms. The fourth-order valence-corrected chi connectivity index (χ4v) is 2.88. The number of carbonyl (C=O) groups excluding carboxylic acids is 1. The topological polar surface area (TPSA) is 55.6 Å². The number of rotatable bonds is 5. The smallest absolute Gasteiger partial charge is 0.226 e. The molecule has 0 aromatic heterocycles. The minimum atomic E-state index is 0.155. The first-order valence-corrected chi connectivity index (χ1v) is 8.21. The van der Waals surface area contributed by atoms with Crippen LogP contribution in [0.15, 0.2) is 18.2 Å². The van der Waals surface area contributed by atoms with Crippen molar-refractivity contribution in [2.24, 2.45) is 11.7 Å². The zero-order chi connectivity index (χ0) is 16.1. The van der Waals surface area contributed by atoms with Crippen molar-refractivity contribution in [2.45, 2.75) is 46.1 Å². The Kier molecular flexibility index (Phi) is 5.83. The molecule has 1 heterocycles. The lowest BCUT2D eigenvalue weighted by Crippen LogP contribution is -2.45. The number of carbonyl (C=O) groups is 1. The summed E-state index contributed by atoms with van der Waals surface area (Å²) in [7, 11) is 0. The first-order chi connectivity index (χ1) is 10.5. The summed E-state index contributed by atoms with van der Waals surface area (Å²) in [6.07, 6.45) is 2.61. The standard InChI is InChI=1S/C18H28N2O2/c1-13-6-7-17(11-14(13)2)22-10-8-18(21)20-9-4-5-16(12-20)15(3)19/h6-7,11,15-16H,4-5,8-10,12,19H2,1-3H3. The number of piperidine rings is 1. The van der Waals surface area contributed by atoms with E-state index in [1.807, 2.05) is 30.0 Å². The van der Waals surface area contributed by atoms with Gasteiger partial charge in [0.2, 0.25) is 5.91 Å². The van der Waals surface area contributed by atoms with Crippen molar-refractivity contribution < 1.29 is 9.53 Å². The Balaban J connectivity index is 1.78. The zero-order valence-electron chi connectivity index (χ0n) is 14.0. The van der Waals surface area contributed by atoms with Gasteiger partial charge in [0.15, 0.2) is 0 Å². The van der Waals surface area contributed by atoms with E-state index in [0.717, 1.165) is 31.7 Å². The molecule has 1 aliphatic heterocycles. The highest BCUT2D eigenvalue weighted by atomic mass is 16.5. The lowest BCUT2D eigenvalue weighted by Gasteiger charge is -2.34. The summed E-state index contributed by atoms with van der Waals surface area (Å²) in [5.74, 6) is 1.44. The largest absolute Gasteiger partial charge is 0.493 e. The average Bonchev–Trinajstić information content (AvgIpc) is 2.51. The maximum absolute atomic E-state index is 12.3. The number of amides is 1. The molecule has 0 radical (unpaired) electrons. The Morgan fingerprint density at radius 1 is 1.41 bits per heavy atom. The van der Waals surface area contributed by atoms with Crippen molar-refractivity contribution in [1.82, 2.24) is 4.90 Å². The molecule has 0 aliphatic carbocycles. The highest BCUT2D eigenvalue weighted by molar-refractivity contribution is 5.76. The van der Waals surface area contributed by atoms with Crippen molar-refractivity contribution in [3.8, 4) is 5.75 Å². The molecule has 122 valence electrons. The summed E-state index contributed by atoms with van der Waals surface area (Å²) in [5, 5.41) is 0. The van der Waals surface area contributed by atoms with Crippen LogP contribution in [-0.4, -0.2) is 36.5 Å². The van der Waals surface area contributed by atoms with Crippen LogP contribution in [0.25, 0.3) is 0 Å². The van der Waals surface area contributed by atoms with Gasteiger partial charge in [-0.1, -0.05) is 6.07 Å². The Labute approximate surface area is 133 Å². The normalized spacial score (nSPS) is 19.8. The van der Waals surface area contributed by atoms with Gasteiger partial charge in [-0.2, -0.15) is 0 Å². The van der Waals surface area contributed by atoms with E-state index in [0.29, 0.717) is 18.9 Å². The molecule has 2 rings (SSSR count). The van der Waals surface area contributed by atoms with Crippen molar-refractivity contribution in [1.29, 1.82) is 0 Å². The molecule has 1 amide bonds. The van der Waals surface area contributed by atoms with Crippen LogP contribution < -0.4 is 10.5 Å². The van der Waals surface area contributed by atoms with Crippen molar-refractivity contribution in [2.75, 3.05) is 19.7 Å². The van der Waals surface area contributed by atoms with Crippen LogP contribution in [0.4, 0.5) is 0 Å². The molecule has 1 aromatic carbocycles. The van der Waals surface area contributed by atoms with Crippen LogP contribution in [0.3, 0.4) is 0 Å². The highest BCUT2D eigenvalue weighted by Crippen LogP contribution is 2.20. The minimum absolute atomic E-state index is 0.155. The van der Waals surface area contributed by atoms with Gasteiger partial charge in [0.1, 0.15) is 5.75 Å². The monoisotopic (exact) mass is 304 g/mol. The molecular weight excluding hydrogens is 276 g/mol. The van der Waals surface area contributed by atoms with Gasteiger partial charge in [-0.3, -0.25) is 4.79 Å². The number of ether oxygens (including phenoxy) is 1. The van der Waals surface area contributed by atoms with Crippen LogP contribution in [0.5, 0.6) is 5.75 Å². The number of hydrogen-bond donors (Lipinski definition) is 1. The molecule has 2 N–H and O–H groups in total. The third-order valence-electron chi connectivity index (χ3n) is 4.62. The van der Waals surface area contributed by atoms with Gasteiger partial charge in [0.25, 0.3) is 0 Å². The highest BCUT2D eigenvalue weighted by Gasteiger charge is 2.25. The molecule has 1 aliphatic rings. The SMILES string of the molecule is Cc1ccc(OCCC(=O)N2CCCC(C(C)N)C2)cc1C. The van der Waals surface area contributed by atoms with Crippen LogP contribution in [0.2, 0.25) is 0 Å². The summed E-state index contributed by atoms with van der Waals surface area (Å²) < 4.78 is 5.71. The van der Waals surface area contributed by atoms with Crippen molar-refractivity contribution in [3.05, 3.63) is 29.3 Å². The van der Waals surface area contributed by atoms with E-state index in [1.165, 1.54) is 11.1 Å². The molecule has 1 saturated heterocycles. The average molecular weight is 304 g/mol. The molecule has 4 heteroatoms. The predicted octanol–water partition coefficient (Wildman–Crippen LogP) is 2.66. The van der Waals surface area contributed by atoms with Gasteiger partial charge in [-0.25, -0.2) is 0 Å². The second kappa shape index (κ2) is 7.63. The lowest BCUT2D eigenvalue weighted by molar-refractivity contribution is -0.133. The third-order valence-corrected chi connectivity index (χ3v) is 4.62. The number of benzene rings is 1. The molecular formula is C18H28N2O2. The van der Waals surface area contributed by atoms with Gasteiger partial charge in [-0.05, 0) is 62.8 Å². The molecule has 0 saturated carbocycles. The minimum Gasteiger partial charge on any atom is -0.493 e. The molecule has 1 fully saturated rings. The first-order valence-electron chi connectivity index (χ1n) is 8.21. The molecule has 2 atom stereocenters. The third kappa shape index (κ3) is 4.47. The maximum Gasteiger partial charge on any atom is 0.226 e. The van der Waals surface area contributed by atoms with Gasteiger partial charge in [0.05, 0.1) is 13.0 Å². The fourth-order valence-electron chi connectivity index (χ4n) is 2.88. The van der Waals surface area contributed by atoms with Gasteiger partial charge in [0, 0.05) is 19.1 Å². The number of nitrogens with zero attached hydrogens (tertiary/aromatic N) is 1. The van der Waals surface area contributed by atoms with E-state index in [2.05, 4.69) is 13.8 Å². The molecule has 1 aromatic rings. The lowest BCUT2D eigenvalue weighted by atomic mass is 9.92. The molecule has 2 unspecified atom stereocenters. The van der Waals surface area contributed by atoms with Gasteiger partial charge in [-0.15, -0.1) is 0 Å². The number of nitrogens with two attached hydrogens (primary N) is 1.